The molecule has 3 rings (SSSR count). The lowest BCUT2D eigenvalue weighted by molar-refractivity contribution is -0.130. The summed E-state index contributed by atoms with van der Waals surface area (Å²) in [6, 6.07) is 14.8. The van der Waals surface area contributed by atoms with Gasteiger partial charge in [-0.15, -0.1) is 0 Å². The summed E-state index contributed by atoms with van der Waals surface area (Å²) in [5.74, 6) is 1.18. The fraction of sp³-hybridized carbons (Fsp3) is 0.273. The Morgan fingerprint density at radius 2 is 1.89 bits per heavy atom. The molecule has 6 heteroatoms. The van der Waals surface area contributed by atoms with Crippen LogP contribution in [0.15, 0.2) is 54.7 Å². The predicted molar refractivity (Wildman–Crippen MR) is 107 cm³/mol. The molecule has 0 radical (unpaired) electrons. The number of carbonyl (C=O) groups is 2. The van der Waals surface area contributed by atoms with Crippen LogP contribution in [-0.2, 0) is 9.59 Å². The second-order valence-corrected chi connectivity index (χ2v) is 6.47. The molecule has 28 heavy (non-hydrogen) atoms. The highest BCUT2D eigenvalue weighted by molar-refractivity contribution is 5.81. The first-order valence-corrected chi connectivity index (χ1v) is 9.18. The highest BCUT2D eigenvalue weighted by Crippen LogP contribution is 2.32. The van der Waals surface area contributed by atoms with E-state index in [0.29, 0.717) is 18.9 Å². The van der Waals surface area contributed by atoms with Gasteiger partial charge in [0.2, 0.25) is 11.8 Å². The summed E-state index contributed by atoms with van der Waals surface area (Å²) in [5.41, 5.74) is 2.00. The maximum atomic E-state index is 12.5. The van der Waals surface area contributed by atoms with Crippen LogP contribution in [-0.4, -0.2) is 37.0 Å². The van der Waals surface area contributed by atoms with E-state index in [2.05, 4.69) is 5.32 Å². The number of hydrogen-bond acceptors (Lipinski definition) is 4. The summed E-state index contributed by atoms with van der Waals surface area (Å²) < 4.78 is 10.8. The van der Waals surface area contributed by atoms with Gasteiger partial charge < -0.3 is 19.7 Å². The molecule has 1 aliphatic heterocycles. The fourth-order valence-corrected chi connectivity index (χ4v) is 3.21. The van der Waals surface area contributed by atoms with E-state index in [0.717, 1.165) is 16.9 Å². The third kappa shape index (κ3) is 4.71. The van der Waals surface area contributed by atoms with Crippen LogP contribution >= 0.6 is 0 Å². The van der Waals surface area contributed by atoms with Crippen molar-refractivity contribution < 1.29 is 19.1 Å². The van der Waals surface area contributed by atoms with E-state index in [-0.39, 0.29) is 24.3 Å². The summed E-state index contributed by atoms with van der Waals surface area (Å²) in [6.07, 6.45) is 3.84. The fourth-order valence-electron chi connectivity index (χ4n) is 3.21. The number of rotatable bonds is 7. The minimum Gasteiger partial charge on any atom is -0.497 e. The first-order chi connectivity index (χ1) is 13.6. The maximum absolute atomic E-state index is 12.5. The van der Waals surface area contributed by atoms with Crippen molar-refractivity contribution in [1.29, 1.82) is 0 Å². The first kappa shape index (κ1) is 19.5. The molecule has 1 unspecified atom stereocenters. The molecule has 2 aromatic carbocycles. The number of carbonyl (C=O) groups excluding carboxylic acids is 2. The molecular weight excluding hydrogens is 356 g/mol. The number of benzene rings is 2. The number of amides is 2. The van der Waals surface area contributed by atoms with Crippen LogP contribution in [0, 0.1) is 0 Å². The topological polar surface area (TPSA) is 67.9 Å². The zero-order chi connectivity index (χ0) is 19.9. The van der Waals surface area contributed by atoms with Crippen molar-refractivity contribution in [3.8, 4) is 11.5 Å². The molecule has 1 atom stereocenters. The van der Waals surface area contributed by atoms with Gasteiger partial charge in [0.05, 0.1) is 26.1 Å². The molecule has 0 spiro atoms. The Labute approximate surface area is 164 Å². The van der Waals surface area contributed by atoms with Crippen molar-refractivity contribution in [2.45, 2.75) is 19.4 Å². The molecule has 1 aliphatic rings. The number of methoxy groups -OCH3 is 1. The highest BCUT2D eigenvalue weighted by Gasteiger charge is 2.27. The van der Waals surface area contributed by atoms with E-state index in [4.69, 9.17) is 9.47 Å². The molecular formula is C22H24N2O4. The Hall–Kier alpha value is -3.28. The average molecular weight is 380 g/mol. The second kappa shape index (κ2) is 9.08. The summed E-state index contributed by atoms with van der Waals surface area (Å²) >= 11 is 0. The van der Waals surface area contributed by atoms with Crippen molar-refractivity contribution in [2.24, 2.45) is 0 Å². The summed E-state index contributed by atoms with van der Waals surface area (Å²) in [5, 5.41) is 2.86. The van der Waals surface area contributed by atoms with Gasteiger partial charge >= 0.3 is 0 Å². The number of hydrogen-bond donors (Lipinski definition) is 1. The second-order valence-electron chi connectivity index (χ2n) is 6.47. The quantitative estimate of drug-likeness (QED) is 0.750. The number of nitrogens with zero attached hydrogens (tertiary/aromatic N) is 1. The minimum atomic E-state index is -0.307. The predicted octanol–water partition coefficient (Wildman–Crippen LogP) is 3.15. The van der Waals surface area contributed by atoms with E-state index in [1.54, 1.807) is 24.3 Å². The molecule has 0 fully saturated rings. The lowest BCUT2D eigenvalue weighted by atomic mass is 9.93. The molecule has 2 amide bonds. The Bertz CT molecular complexity index is 878. The number of fused-ring (bicyclic) bond motifs is 1. The number of ether oxygens (including phenoxy) is 2. The molecule has 1 N–H and O–H groups in total. The van der Waals surface area contributed by atoms with Crippen LogP contribution in [0.25, 0.3) is 6.08 Å². The smallest absolute Gasteiger partial charge is 0.223 e. The van der Waals surface area contributed by atoms with E-state index < -0.39 is 0 Å². The maximum Gasteiger partial charge on any atom is 0.223 e. The molecule has 0 bridgehead atoms. The van der Waals surface area contributed by atoms with E-state index in [1.165, 1.54) is 6.92 Å². The Balaban J connectivity index is 1.54. The Morgan fingerprint density at radius 1 is 1.11 bits per heavy atom. The highest BCUT2D eigenvalue weighted by atomic mass is 16.5. The molecule has 1 heterocycles. The van der Waals surface area contributed by atoms with Crippen LogP contribution in [0.1, 0.15) is 30.5 Å². The van der Waals surface area contributed by atoms with Gasteiger partial charge in [-0.2, -0.15) is 0 Å². The third-order valence-electron chi connectivity index (χ3n) is 4.58. The van der Waals surface area contributed by atoms with Gasteiger partial charge in [-0.05, 0) is 29.3 Å². The lowest BCUT2D eigenvalue weighted by Gasteiger charge is -2.32. The van der Waals surface area contributed by atoms with Crippen molar-refractivity contribution in [1.82, 2.24) is 10.2 Å². The van der Waals surface area contributed by atoms with Gasteiger partial charge in [0.25, 0.3) is 0 Å². The van der Waals surface area contributed by atoms with Gasteiger partial charge in [-0.25, -0.2) is 0 Å². The molecule has 0 saturated carbocycles. The minimum absolute atomic E-state index is 0.0927. The van der Waals surface area contributed by atoms with Crippen LogP contribution in [0.3, 0.4) is 0 Å². The third-order valence-corrected chi connectivity index (χ3v) is 4.58. The molecule has 146 valence electrons. The summed E-state index contributed by atoms with van der Waals surface area (Å²) in [7, 11) is 1.60. The standard InChI is InChI=1S/C22H24N2O4/c1-16(25)24-12-10-17-6-3-4-9-20(17)21(24)15-22(26)23-11-13-28-19-8-5-7-18(14-19)27-2/h3-10,12,14,21H,11,13,15H2,1-2H3,(H,23,26). The monoisotopic (exact) mass is 380 g/mol. The van der Waals surface area contributed by atoms with E-state index in [1.807, 2.05) is 48.5 Å². The molecule has 0 aliphatic carbocycles. The average Bonchev–Trinajstić information content (AvgIpc) is 2.71. The van der Waals surface area contributed by atoms with Crippen molar-refractivity contribution >= 4 is 17.9 Å². The van der Waals surface area contributed by atoms with E-state index >= 15 is 0 Å². The largest absolute Gasteiger partial charge is 0.497 e. The molecule has 6 nitrogen and oxygen atoms in total. The van der Waals surface area contributed by atoms with Gasteiger partial charge in [-0.3, -0.25) is 9.59 Å². The number of nitrogens with one attached hydrogen (secondary N) is 1. The summed E-state index contributed by atoms with van der Waals surface area (Å²) in [6.45, 7) is 2.22. The Kier molecular flexibility index (Phi) is 6.32. The SMILES string of the molecule is COc1cccc(OCCNC(=O)CC2c3ccccc3C=CN2C(C)=O)c1. The van der Waals surface area contributed by atoms with Crippen LogP contribution in [0.5, 0.6) is 11.5 Å². The lowest BCUT2D eigenvalue weighted by Crippen LogP contribution is -2.36. The van der Waals surface area contributed by atoms with Crippen LogP contribution < -0.4 is 14.8 Å². The summed E-state index contributed by atoms with van der Waals surface area (Å²) in [4.78, 5) is 26.0. The normalized spacial score (nSPS) is 14.9. The van der Waals surface area contributed by atoms with Gasteiger partial charge in [-0.1, -0.05) is 30.3 Å². The van der Waals surface area contributed by atoms with Crippen LogP contribution in [0.4, 0.5) is 0 Å². The van der Waals surface area contributed by atoms with Crippen LogP contribution in [0.2, 0.25) is 0 Å². The molecule has 0 saturated heterocycles. The Morgan fingerprint density at radius 3 is 2.68 bits per heavy atom. The van der Waals surface area contributed by atoms with Gasteiger partial charge in [0.1, 0.15) is 18.1 Å². The van der Waals surface area contributed by atoms with Crippen molar-refractivity contribution in [3.05, 3.63) is 65.9 Å². The van der Waals surface area contributed by atoms with Crippen molar-refractivity contribution in [2.75, 3.05) is 20.3 Å². The zero-order valence-electron chi connectivity index (χ0n) is 16.1. The molecule has 0 aromatic heterocycles. The first-order valence-electron chi connectivity index (χ1n) is 9.18. The zero-order valence-corrected chi connectivity index (χ0v) is 16.1. The van der Waals surface area contributed by atoms with Crippen molar-refractivity contribution in [3.63, 3.8) is 0 Å². The van der Waals surface area contributed by atoms with Gasteiger partial charge in [0.15, 0.2) is 0 Å². The van der Waals surface area contributed by atoms with Gasteiger partial charge in [0, 0.05) is 19.2 Å². The molecule has 2 aromatic rings. The van der Waals surface area contributed by atoms with E-state index in [9.17, 15) is 9.59 Å².